The van der Waals surface area contributed by atoms with Crippen LogP contribution in [0.1, 0.15) is 18.1 Å². The Hall–Kier alpha value is -3.75. The maximum absolute atomic E-state index is 13.4. The standard InChI is InChI=1S/C22H23FN6O2/c1-13-9-16(7-8-18(13)23)31-17-10-29(11-17)22-25-12-24-21(28-22)27-20-6-4-5-19(14(20)2)26-15(3)30/h4-9,12,17H,10-11H2,1-3H3,(H,26,30)(H,24,25,27,28). The number of rotatable bonds is 6. The van der Waals surface area contributed by atoms with Crippen LogP contribution in [0, 0.1) is 19.7 Å². The second-order valence-electron chi connectivity index (χ2n) is 7.45. The van der Waals surface area contributed by atoms with Crippen LogP contribution in [0.25, 0.3) is 0 Å². The van der Waals surface area contributed by atoms with E-state index >= 15 is 0 Å². The molecule has 1 aliphatic heterocycles. The van der Waals surface area contributed by atoms with E-state index < -0.39 is 0 Å². The van der Waals surface area contributed by atoms with Crippen molar-refractivity contribution < 1.29 is 13.9 Å². The van der Waals surface area contributed by atoms with Gasteiger partial charge in [-0.1, -0.05) is 6.07 Å². The number of nitrogens with zero attached hydrogens (tertiary/aromatic N) is 4. The Labute approximate surface area is 179 Å². The quantitative estimate of drug-likeness (QED) is 0.627. The summed E-state index contributed by atoms with van der Waals surface area (Å²) < 4.78 is 19.3. The van der Waals surface area contributed by atoms with Crippen molar-refractivity contribution in [2.24, 2.45) is 0 Å². The van der Waals surface area contributed by atoms with Crippen molar-refractivity contribution in [1.82, 2.24) is 15.0 Å². The molecule has 0 unspecified atom stereocenters. The molecule has 3 aromatic rings. The van der Waals surface area contributed by atoms with Crippen molar-refractivity contribution in [1.29, 1.82) is 0 Å². The molecule has 0 spiro atoms. The van der Waals surface area contributed by atoms with E-state index in [1.165, 1.54) is 19.3 Å². The van der Waals surface area contributed by atoms with Gasteiger partial charge in [-0.2, -0.15) is 4.98 Å². The molecule has 160 valence electrons. The van der Waals surface area contributed by atoms with E-state index in [4.69, 9.17) is 4.74 Å². The summed E-state index contributed by atoms with van der Waals surface area (Å²) in [4.78, 5) is 26.3. The molecular weight excluding hydrogens is 399 g/mol. The van der Waals surface area contributed by atoms with Crippen molar-refractivity contribution >= 4 is 29.2 Å². The first kappa shape index (κ1) is 20.5. The number of aromatic nitrogens is 3. The molecule has 0 bridgehead atoms. The van der Waals surface area contributed by atoms with Crippen LogP contribution in [0.3, 0.4) is 0 Å². The molecule has 0 aliphatic carbocycles. The highest BCUT2D eigenvalue weighted by Crippen LogP contribution is 2.27. The average Bonchev–Trinajstić information content (AvgIpc) is 2.70. The lowest BCUT2D eigenvalue weighted by Gasteiger charge is -2.38. The van der Waals surface area contributed by atoms with Crippen molar-refractivity contribution in [3.63, 3.8) is 0 Å². The Morgan fingerprint density at radius 1 is 1.16 bits per heavy atom. The smallest absolute Gasteiger partial charge is 0.232 e. The van der Waals surface area contributed by atoms with Gasteiger partial charge in [0, 0.05) is 18.3 Å². The fourth-order valence-electron chi connectivity index (χ4n) is 3.28. The van der Waals surface area contributed by atoms with E-state index in [-0.39, 0.29) is 17.8 Å². The molecule has 0 saturated carbocycles. The summed E-state index contributed by atoms with van der Waals surface area (Å²) in [5.74, 6) is 1.23. The lowest BCUT2D eigenvalue weighted by Crippen LogP contribution is -2.54. The van der Waals surface area contributed by atoms with Crippen LogP contribution >= 0.6 is 0 Å². The highest BCUT2D eigenvalue weighted by Gasteiger charge is 2.31. The van der Waals surface area contributed by atoms with Gasteiger partial charge >= 0.3 is 0 Å². The molecule has 0 radical (unpaired) electrons. The summed E-state index contributed by atoms with van der Waals surface area (Å²) in [6.07, 6.45) is 1.43. The molecule has 4 rings (SSSR count). The summed E-state index contributed by atoms with van der Waals surface area (Å²) in [7, 11) is 0. The predicted octanol–water partition coefficient (Wildman–Crippen LogP) is 3.60. The molecule has 2 heterocycles. The summed E-state index contributed by atoms with van der Waals surface area (Å²) >= 11 is 0. The molecule has 1 amide bonds. The van der Waals surface area contributed by atoms with Crippen molar-refractivity contribution in [3.8, 4) is 5.75 Å². The number of anilines is 4. The van der Waals surface area contributed by atoms with Crippen LogP contribution in [0.2, 0.25) is 0 Å². The highest BCUT2D eigenvalue weighted by atomic mass is 19.1. The average molecular weight is 422 g/mol. The molecule has 2 N–H and O–H groups in total. The largest absolute Gasteiger partial charge is 0.487 e. The molecule has 1 aliphatic rings. The minimum Gasteiger partial charge on any atom is -0.487 e. The number of hydrogen-bond acceptors (Lipinski definition) is 7. The van der Waals surface area contributed by atoms with Crippen LogP contribution in [0.5, 0.6) is 5.75 Å². The van der Waals surface area contributed by atoms with Crippen LogP contribution < -0.4 is 20.3 Å². The monoisotopic (exact) mass is 422 g/mol. The zero-order chi connectivity index (χ0) is 22.0. The Morgan fingerprint density at radius 2 is 1.94 bits per heavy atom. The lowest BCUT2D eigenvalue weighted by molar-refractivity contribution is -0.114. The minimum atomic E-state index is -0.245. The zero-order valence-electron chi connectivity index (χ0n) is 17.5. The fourth-order valence-corrected chi connectivity index (χ4v) is 3.28. The van der Waals surface area contributed by atoms with Crippen molar-refractivity contribution in [2.45, 2.75) is 26.9 Å². The van der Waals surface area contributed by atoms with Crippen LogP contribution in [-0.2, 0) is 4.79 Å². The topological polar surface area (TPSA) is 92.3 Å². The molecular formula is C22H23FN6O2. The number of aryl methyl sites for hydroxylation is 1. The number of amides is 1. The Bertz CT molecular complexity index is 1120. The van der Waals surface area contributed by atoms with E-state index in [1.807, 2.05) is 30.0 Å². The molecule has 0 atom stereocenters. The van der Waals surface area contributed by atoms with Gasteiger partial charge in [0.15, 0.2) is 0 Å². The summed E-state index contributed by atoms with van der Waals surface area (Å²) in [5.41, 5.74) is 2.96. The maximum atomic E-state index is 13.4. The number of carbonyl (C=O) groups is 1. The summed E-state index contributed by atoms with van der Waals surface area (Å²) in [6.45, 7) is 6.33. The van der Waals surface area contributed by atoms with Gasteiger partial charge in [-0.05, 0) is 55.3 Å². The molecule has 31 heavy (non-hydrogen) atoms. The summed E-state index contributed by atoms with van der Waals surface area (Å²) in [6, 6.07) is 10.3. The van der Waals surface area contributed by atoms with Crippen LogP contribution in [0.4, 0.5) is 27.7 Å². The van der Waals surface area contributed by atoms with Gasteiger partial charge in [0.05, 0.1) is 13.1 Å². The van der Waals surface area contributed by atoms with Crippen molar-refractivity contribution in [3.05, 3.63) is 59.7 Å². The van der Waals surface area contributed by atoms with Crippen LogP contribution in [0.15, 0.2) is 42.7 Å². The molecule has 8 nitrogen and oxygen atoms in total. The van der Waals surface area contributed by atoms with E-state index in [0.717, 1.165) is 16.9 Å². The van der Waals surface area contributed by atoms with Gasteiger partial charge in [-0.25, -0.2) is 14.4 Å². The molecule has 1 saturated heterocycles. The van der Waals surface area contributed by atoms with Gasteiger partial charge in [0.25, 0.3) is 0 Å². The molecule has 2 aromatic carbocycles. The first-order chi connectivity index (χ1) is 14.9. The van der Waals surface area contributed by atoms with Gasteiger partial charge < -0.3 is 20.3 Å². The Balaban J connectivity index is 1.39. The second-order valence-corrected chi connectivity index (χ2v) is 7.45. The first-order valence-corrected chi connectivity index (χ1v) is 9.90. The number of hydrogen-bond donors (Lipinski definition) is 2. The van der Waals surface area contributed by atoms with Gasteiger partial charge in [0.2, 0.25) is 17.8 Å². The maximum Gasteiger partial charge on any atom is 0.232 e. The first-order valence-electron chi connectivity index (χ1n) is 9.90. The van der Waals surface area contributed by atoms with Gasteiger partial charge in [-0.15, -0.1) is 0 Å². The fraction of sp³-hybridized carbons (Fsp3) is 0.273. The normalized spacial score (nSPS) is 13.5. The third-order valence-corrected chi connectivity index (χ3v) is 5.01. The highest BCUT2D eigenvalue weighted by molar-refractivity contribution is 5.90. The van der Waals surface area contributed by atoms with Gasteiger partial charge in [0.1, 0.15) is 24.0 Å². The zero-order valence-corrected chi connectivity index (χ0v) is 17.5. The van der Waals surface area contributed by atoms with E-state index in [0.29, 0.717) is 36.3 Å². The third kappa shape index (κ3) is 4.71. The number of ether oxygens (including phenoxy) is 1. The molecule has 9 heteroatoms. The predicted molar refractivity (Wildman–Crippen MR) is 116 cm³/mol. The Kier molecular flexibility index (Phi) is 5.66. The number of carbonyl (C=O) groups excluding carboxylic acids is 1. The molecule has 1 fully saturated rings. The van der Waals surface area contributed by atoms with E-state index in [2.05, 4.69) is 25.6 Å². The Morgan fingerprint density at radius 3 is 2.68 bits per heavy atom. The second kappa shape index (κ2) is 8.55. The third-order valence-electron chi connectivity index (χ3n) is 5.01. The number of benzene rings is 2. The van der Waals surface area contributed by atoms with Crippen molar-refractivity contribution in [2.75, 3.05) is 28.6 Å². The van der Waals surface area contributed by atoms with E-state index in [9.17, 15) is 9.18 Å². The number of nitrogens with one attached hydrogen (secondary N) is 2. The summed E-state index contributed by atoms with van der Waals surface area (Å²) in [5, 5.41) is 5.99. The lowest BCUT2D eigenvalue weighted by atomic mass is 10.1. The SMILES string of the molecule is CC(=O)Nc1cccc(Nc2ncnc(N3CC(Oc4ccc(F)c(C)c4)C3)n2)c1C. The molecule has 1 aromatic heterocycles. The van der Waals surface area contributed by atoms with E-state index in [1.54, 1.807) is 19.1 Å². The van der Waals surface area contributed by atoms with Gasteiger partial charge in [-0.3, -0.25) is 4.79 Å². The number of halogens is 1. The van der Waals surface area contributed by atoms with Crippen LogP contribution in [-0.4, -0.2) is 40.1 Å². The minimum absolute atomic E-state index is 0.0189.